The second-order valence-corrected chi connectivity index (χ2v) is 10.1. The van der Waals surface area contributed by atoms with Crippen molar-refractivity contribution in [2.24, 2.45) is 5.92 Å². The van der Waals surface area contributed by atoms with E-state index < -0.39 is 40.6 Å². The van der Waals surface area contributed by atoms with Crippen molar-refractivity contribution in [3.8, 4) is 11.1 Å². The summed E-state index contributed by atoms with van der Waals surface area (Å²) in [4.78, 5) is 11.5. The Hall–Kier alpha value is -2.44. The molecule has 0 radical (unpaired) electrons. The van der Waals surface area contributed by atoms with Crippen LogP contribution in [-0.2, 0) is 0 Å². The second-order valence-electron chi connectivity index (χ2n) is 10.1. The van der Waals surface area contributed by atoms with E-state index in [0.717, 1.165) is 31.7 Å². The van der Waals surface area contributed by atoms with Gasteiger partial charge in [-0.05, 0) is 66.8 Å². The largest absolute Gasteiger partial charge is 0.477 e. The SMILES string of the molecule is CCCCCCCCCCC1CCC(c2cc(F)c(C(=O)O)c(F)c2-c2cc(F)c(F)c(F)c2)CC1. The van der Waals surface area contributed by atoms with Crippen LogP contribution < -0.4 is 0 Å². The maximum Gasteiger partial charge on any atom is 0.341 e. The standard InChI is InChI=1S/C29H35F5O2/c1-2-3-4-5-6-7-8-9-10-18-11-13-19(14-12-18)21-17-22(30)26(29(35)36)28(34)25(21)20-15-23(31)27(33)24(32)16-20/h15-19H,2-14H2,1H3,(H,35,36). The van der Waals surface area contributed by atoms with Crippen LogP contribution in [-0.4, -0.2) is 11.1 Å². The topological polar surface area (TPSA) is 37.3 Å². The maximum atomic E-state index is 15.3. The molecule has 0 aliphatic heterocycles. The number of benzene rings is 2. The summed E-state index contributed by atoms with van der Waals surface area (Å²) >= 11 is 0. The Kier molecular flexibility index (Phi) is 10.3. The van der Waals surface area contributed by atoms with E-state index in [1.165, 1.54) is 44.9 Å². The summed E-state index contributed by atoms with van der Waals surface area (Å²) in [5, 5.41) is 9.29. The van der Waals surface area contributed by atoms with Gasteiger partial charge in [-0.2, -0.15) is 0 Å². The molecule has 0 bridgehead atoms. The lowest BCUT2D eigenvalue weighted by Gasteiger charge is -2.30. The number of aromatic carboxylic acids is 1. The molecule has 2 aromatic rings. The summed E-state index contributed by atoms with van der Waals surface area (Å²) in [7, 11) is 0. The monoisotopic (exact) mass is 510 g/mol. The smallest absolute Gasteiger partial charge is 0.341 e. The molecule has 1 aliphatic carbocycles. The minimum absolute atomic E-state index is 0.172. The van der Waals surface area contributed by atoms with Crippen LogP contribution >= 0.6 is 0 Å². The predicted molar refractivity (Wildman–Crippen MR) is 131 cm³/mol. The summed E-state index contributed by atoms with van der Waals surface area (Å²) in [6, 6.07) is 2.21. The molecule has 0 saturated heterocycles. The van der Waals surface area contributed by atoms with Crippen molar-refractivity contribution < 1.29 is 31.9 Å². The fourth-order valence-electron chi connectivity index (χ4n) is 5.48. The molecule has 198 valence electrons. The fraction of sp³-hybridized carbons (Fsp3) is 0.552. The molecule has 0 atom stereocenters. The van der Waals surface area contributed by atoms with Crippen molar-refractivity contribution in [1.29, 1.82) is 0 Å². The number of carbonyl (C=O) groups is 1. The van der Waals surface area contributed by atoms with Crippen LogP contribution in [0.15, 0.2) is 18.2 Å². The molecule has 3 rings (SSSR count). The molecule has 0 heterocycles. The lowest BCUT2D eigenvalue weighted by molar-refractivity contribution is 0.0686. The van der Waals surface area contributed by atoms with E-state index in [4.69, 9.17) is 0 Å². The normalized spacial score (nSPS) is 17.9. The van der Waals surface area contributed by atoms with Gasteiger partial charge in [0.05, 0.1) is 0 Å². The van der Waals surface area contributed by atoms with Crippen LogP contribution in [0.5, 0.6) is 0 Å². The second kappa shape index (κ2) is 13.2. The van der Waals surface area contributed by atoms with Gasteiger partial charge in [0.15, 0.2) is 17.5 Å². The first-order chi connectivity index (χ1) is 17.2. The van der Waals surface area contributed by atoms with Gasteiger partial charge in [-0.15, -0.1) is 0 Å². The van der Waals surface area contributed by atoms with Crippen LogP contribution in [0, 0.1) is 35.0 Å². The number of hydrogen-bond acceptors (Lipinski definition) is 1. The van der Waals surface area contributed by atoms with Crippen molar-refractivity contribution in [3.63, 3.8) is 0 Å². The number of halogens is 5. The predicted octanol–water partition coefficient (Wildman–Crippen LogP) is 9.55. The molecule has 2 nitrogen and oxygen atoms in total. The average molecular weight is 511 g/mol. The van der Waals surface area contributed by atoms with Crippen LogP contribution in [0.4, 0.5) is 22.0 Å². The van der Waals surface area contributed by atoms with Crippen molar-refractivity contribution in [1.82, 2.24) is 0 Å². The minimum Gasteiger partial charge on any atom is -0.477 e. The van der Waals surface area contributed by atoms with E-state index in [9.17, 15) is 27.5 Å². The first kappa shape index (κ1) is 28.1. The van der Waals surface area contributed by atoms with E-state index in [0.29, 0.717) is 30.9 Å². The number of unbranched alkanes of at least 4 members (excludes halogenated alkanes) is 7. The Balaban J connectivity index is 1.72. The van der Waals surface area contributed by atoms with Gasteiger partial charge in [0, 0.05) is 5.56 Å². The average Bonchev–Trinajstić information content (AvgIpc) is 2.83. The quantitative estimate of drug-likeness (QED) is 0.175. The Labute approximate surface area is 209 Å². The Morgan fingerprint density at radius 1 is 0.778 bits per heavy atom. The van der Waals surface area contributed by atoms with E-state index in [1.54, 1.807) is 0 Å². The van der Waals surface area contributed by atoms with E-state index in [-0.39, 0.29) is 22.6 Å². The summed E-state index contributed by atoms with van der Waals surface area (Å²) in [5.41, 5.74) is -1.74. The lowest BCUT2D eigenvalue weighted by atomic mass is 9.75. The third kappa shape index (κ3) is 6.86. The first-order valence-electron chi connectivity index (χ1n) is 13.1. The van der Waals surface area contributed by atoms with Crippen LogP contribution in [0.25, 0.3) is 11.1 Å². The summed E-state index contributed by atoms with van der Waals surface area (Å²) in [6.45, 7) is 2.20. The van der Waals surface area contributed by atoms with Gasteiger partial charge < -0.3 is 5.11 Å². The summed E-state index contributed by atoms with van der Waals surface area (Å²) in [6.07, 6.45) is 14.1. The molecule has 1 saturated carbocycles. The molecular weight excluding hydrogens is 475 g/mol. The molecule has 2 aromatic carbocycles. The molecule has 0 aromatic heterocycles. The van der Waals surface area contributed by atoms with Gasteiger partial charge in [-0.25, -0.2) is 26.7 Å². The molecule has 1 N–H and O–H groups in total. The zero-order valence-electron chi connectivity index (χ0n) is 20.8. The van der Waals surface area contributed by atoms with Crippen molar-refractivity contribution in [2.75, 3.05) is 0 Å². The zero-order valence-corrected chi connectivity index (χ0v) is 20.8. The van der Waals surface area contributed by atoms with Gasteiger partial charge in [0.2, 0.25) is 0 Å². The van der Waals surface area contributed by atoms with Crippen LogP contribution in [0.1, 0.15) is 112 Å². The highest BCUT2D eigenvalue weighted by Gasteiger charge is 2.31. The van der Waals surface area contributed by atoms with Crippen molar-refractivity contribution in [3.05, 3.63) is 58.4 Å². The maximum absolute atomic E-state index is 15.3. The first-order valence-corrected chi connectivity index (χ1v) is 13.1. The van der Waals surface area contributed by atoms with Gasteiger partial charge in [0.1, 0.15) is 17.2 Å². The Morgan fingerprint density at radius 3 is 1.89 bits per heavy atom. The van der Waals surface area contributed by atoms with E-state index in [2.05, 4.69) is 6.92 Å². The Morgan fingerprint density at radius 2 is 1.33 bits per heavy atom. The van der Waals surface area contributed by atoms with Gasteiger partial charge >= 0.3 is 5.97 Å². The lowest BCUT2D eigenvalue weighted by Crippen LogP contribution is -2.16. The third-order valence-electron chi connectivity index (χ3n) is 7.49. The highest BCUT2D eigenvalue weighted by molar-refractivity contribution is 5.91. The molecule has 7 heteroatoms. The summed E-state index contributed by atoms with van der Waals surface area (Å²) in [5.74, 6) is -8.99. The van der Waals surface area contributed by atoms with Crippen LogP contribution in [0.3, 0.4) is 0 Å². The molecule has 0 spiro atoms. The molecule has 0 amide bonds. The van der Waals surface area contributed by atoms with Gasteiger partial charge in [-0.1, -0.05) is 64.7 Å². The molecular formula is C29H35F5O2. The fourth-order valence-corrected chi connectivity index (χ4v) is 5.48. The van der Waals surface area contributed by atoms with E-state index in [1.807, 2.05) is 0 Å². The molecule has 0 unspecified atom stereocenters. The third-order valence-corrected chi connectivity index (χ3v) is 7.49. The number of carboxylic acids is 1. The highest BCUT2D eigenvalue weighted by atomic mass is 19.2. The Bertz CT molecular complexity index is 1020. The van der Waals surface area contributed by atoms with Gasteiger partial charge in [-0.3, -0.25) is 0 Å². The highest BCUT2D eigenvalue weighted by Crippen LogP contribution is 2.43. The number of hydrogen-bond donors (Lipinski definition) is 1. The zero-order chi connectivity index (χ0) is 26.2. The molecule has 36 heavy (non-hydrogen) atoms. The van der Waals surface area contributed by atoms with E-state index >= 15 is 4.39 Å². The summed E-state index contributed by atoms with van der Waals surface area (Å²) < 4.78 is 71.3. The molecule has 1 fully saturated rings. The van der Waals surface area contributed by atoms with Crippen molar-refractivity contribution in [2.45, 2.75) is 96.3 Å². The number of rotatable bonds is 12. The molecule has 1 aliphatic rings. The van der Waals surface area contributed by atoms with Crippen LogP contribution in [0.2, 0.25) is 0 Å². The van der Waals surface area contributed by atoms with Crippen molar-refractivity contribution >= 4 is 5.97 Å². The minimum atomic E-state index is -1.82. The number of carboxylic acid groups (broad SMARTS) is 1. The van der Waals surface area contributed by atoms with Gasteiger partial charge in [0.25, 0.3) is 0 Å².